The molecular weight excluding hydrogens is 401 g/mol. The number of ether oxygens (including phenoxy) is 1. The number of nitrogens with one attached hydrogen (secondary N) is 1. The maximum Gasteiger partial charge on any atom is 0.274 e. The summed E-state index contributed by atoms with van der Waals surface area (Å²) in [6.45, 7) is 1.74. The fraction of sp³-hybridized carbons (Fsp3) is 0.200. The summed E-state index contributed by atoms with van der Waals surface area (Å²) in [6, 6.07) is 5.03. The number of nitrogens with zero attached hydrogens (tertiary/aromatic N) is 3. The zero-order valence-electron chi connectivity index (χ0n) is 15.8. The Hall–Kier alpha value is -3.53. The molecule has 0 spiro atoms. The summed E-state index contributed by atoms with van der Waals surface area (Å²) in [6.07, 6.45) is 2.26. The summed E-state index contributed by atoms with van der Waals surface area (Å²) in [4.78, 5) is 24.1. The molecule has 2 heterocycles. The number of amides is 1. The molecule has 0 radical (unpaired) electrons. The standard InChI is InChI=1S/C20H17F3N4O3/c1-11(28)7-8-30-20-16(9-24-10-25-20)27-19(29)15-6-5-14(23)18(26-15)17-12(21)3-2-4-13(17)22/h2-6,9-11,28H,7-8H2,1H3,(H,27,29). The van der Waals surface area contributed by atoms with Crippen LogP contribution in [0.4, 0.5) is 18.9 Å². The molecule has 10 heteroatoms. The molecule has 0 saturated heterocycles. The Kier molecular flexibility index (Phi) is 6.58. The molecule has 0 aliphatic rings. The Labute approximate surface area is 169 Å². The predicted molar refractivity (Wildman–Crippen MR) is 101 cm³/mol. The highest BCUT2D eigenvalue weighted by Gasteiger charge is 2.20. The van der Waals surface area contributed by atoms with Crippen molar-refractivity contribution >= 4 is 11.6 Å². The quantitative estimate of drug-likeness (QED) is 0.611. The van der Waals surface area contributed by atoms with E-state index in [9.17, 15) is 23.1 Å². The lowest BCUT2D eigenvalue weighted by Crippen LogP contribution is -2.17. The summed E-state index contributed by atoms with van der Waals surface area (Å²) in [5, 5.41) is 11.8. The van der Waals surface area contributed by atoms with Gasteiger partial charge in [-0.05, 0) is 31.2 Å². The van der Waals surface area contributed by atoms with Crippen LogP contribution in [0.5, 0.6) is 5.88 Å². The van der Waals surface area contributed by atoms with E-state index < -0.39 is 40.7 Å². The van der Waals surface area contributed by atoms with Crippen LogP contribution >= 0.6 is 0 Å². The number of pyridine rings is 1. The Bertz CT molecular complexity index is 1040. The van der Waals surface area contributed by atoms with Crippen molar-refractivity contribution in [3.63, 3.8) is 0 Å². The van der Waals surface area contributed by atoms with E-state index in [1.165, 1.54) is 12.5 Å². The number of hydrogen-bond acceptors (Lipinski definition) is 6. The van der Waals surface area contributed by atoms with Gasteiger partial charge >= 0.3 is 0 Å². The monoisotopic (exact) mass is 418 g/mol. The van der Waals surface area contributed by atoms with Crippen LogP contribution in [0.2, 0.25) is 0 Å². The topological polar surface area (TPSA) is 97.2 Å². The molecule has 3 aromatic rings. The normalized spacial score (nSPS) is 11.8. The van der Waals surface area contributed by atoms with Gasteiger partial charge in [0.1, 0.15) is 40.9 Å². The van der Waals surface area contributed by atoms with Gasteiger partial charge in [-0.1, -0.05) is 6.07 Å². The predicted octanol–water partition coefficient (Wildman–Crippen LogP) is 3.36. The van der Waals surface area contributed by atoms with Crippen LogP contribution in [0.3, 0.4) is 0 Å². The summed E-state index contributed by atoms with van der Waals surface area (Å²) in [5.74, 6) is -3.74. The second-order valence-corrected chi connectivity index (χ2v) is 6.31. The third-order valence-corrected chi connectivity index (χ3v) is 3.98. The molecule has 0 fully saturated rings. The van der Waals surface area contributed by atoms with Gasteiger partial charge in [0.15, 0.2) is 0 Å². The Morgan fingerprint density at radius 3 is 2.60 bits per heavy atom. The van der Waals surface area contributed by atoms with Gasteiger partial charge in [0.2, 0.25) is 5.88 Å². The van der Waals surface area contributed by atoms with Gasteiger partial charge in [0.05, 0.1) is 24.5 Å². The van der Waals surface area contributed by atoms with Crippen LogP contribution in [0.25, 0.3) is 11.3 Å². The van der Waals surface area contributed by atoms with Crippen molar-refractivity contribution < 1.29 is 27.8 Å². The number of aliphatic hydroxyl groups excluding tert-OH is 1. The van der Waals surface area contributed by atoms with Crippen LogP contribution in [0.15, 0.2) is 42.9 Å². The number of aromatic nitrogens is 3. The first-order valence-corrected chi connectivity index (χ1v) is 8.90. The first-order valence-electron chi connectivity index (χ1n) is 8.90. The zero-order chi connectivity index (χ0) is 21.7. The summed E-state index contributed by atoms with van der Waals surface area (Å²) in [5.41, 5.74) is -1.48. The maximum atomic E-state index is 14.2. The van der Waals surface area contributed by atoms with Crippen molar-refractivity contribution in [3.05, 3.63) is 66.0 Å². The van der Waals surface area contributed by atoms with Gasteiger partial charge in [-0.15, -0.1) is 0 Å². The lowest BCUT2D eigenvalue weighted by molar-refractivity contribution is 0.102. The molecule has 2 N–H and O–H groups in total. The summed E-state index contributed by atoms with van der Waals surface area (Å²) < 4.78 is 47.7. The molecular formula is C20H17F3N4O3. The SMILES string of the molecule is CC(O)CCOc1ncncc1NC(=O)c1ccc(F)c(-c2c(F)cccc2F)n1. The van der Waals surface area contributed by atoms with Crippen LogP contribution in [0, 0.1) is 17.5 Å². The minimum absolute atomic E-state index is 0.0569. The van der Waals surface area contributed by atoms with Crippen LogP contribution in [-0.4, -0.2) is 38.7 Å². The Morgan fingerprint density at radius 2 is 1.90 bits per heavy atom. The van der Waals surface area contributed by atoms with E-state index in [1.54, 1.807) is 6.92 Å². The Balaban J connectivity index is 1.86. The minimum Gasteiger partial charge on any atom is -0.476 e. The molecule has 1 aromatic carbocycles. The second-order valence-electron chi connectivity index (χ2n) is 6.31. The Morgan fingerprint density at radius 1 is 1.17 bits per heavy atom. The van der Waals surface area contributed by atoms with E-state index >= 15 is 0 Å². The number of aliphatic hydroxyl groups is 1. The first-order chi connectivity index (χ1) is 14.4. The number of rotatable bonds is 7. The lowest BCUT2D eigenvalue weighted by atomic mass is 10.1. The second kappa shape index (κ2) is 9.31. The molecule has 0 saturated carbocycles. The highest BCUT2D eigenvalue weighted by Crippen LogP contribution is 2.27. The van der Waals surface area contributed by atoms with Crippen LogP contribution in [-0.2, 0) is 0 Å². The van der Waals surface area contributed by atoms with Crippen molar-refractivity contribution in [3.8, 4) is 17.1 Å². The van der Waals surface area contributed by atoms with Crippen molar-refractivity contribution in [2.75, 3.05) is 11.9 Å². The van der Waals surface area contributed by atoms with Crippen LogP contribution in [0.1, 0.15) is 23.8 Å². The van der Waals surface area contributed by atoms with E-state index in [-0.39, 0.29) is 23.9 Å². The molecule has 1 unspecified atom stereocenters. The van der Waals surface area contributed by atoms with E-state index in [4.69, 9.17) is 4.74 Å². The first kappa shape index (κ1) is 21.2. The maximum absolute atomic E-state index is 14.2. The van der Waals surface area contributed by atoms with E-state index in [0.29, 0.717) is 6.42 Å². The van der Waals surface area contributed by atoms with Gasteiger partial charge < -0.3 is 15.2 Å². The molecule has 7 nitrogen and oxygen atoms in total. The molecule has 30 heavy (non-hydrogen) atoms. The van der Waals surface area contributed by atoms with Gasteiger partial charge in [0, 0.05) is 6.42 Å². The fourth-order valence-electron chi connectivity index (χ4n) is 2.50. The van der Waals surface area contributed by atoms with Gasteiger partial charge in [-0.3, -0.25) is 4.79 Å². The fourth-order valence-corrected chi connectivity index (χ4v) is 2.50. The minimum atomic E-state index is -1.01. The number of benzene rings is 1. The summed E-state index contributed by atoms with van der Waals surface area (Å²) >= 11 is 0. The summed E-state index contributed by atoms with van der Waals surface area (Å²) in [7, 11) is 0. The van der Waals surface area contributed by atoms with Gasteiger partial charge in [-0.25, -0.2) is 23.1 Å². The lowest BCUT2D eigenvalue weighted by Gasteiger charge is -2.12. The largest absolute Gasteiger partial charge is 0.476 e. The van der Waals surface area contributed by atoms with Crippen molar-refractivity contribution in [1.82, 2.24) is 15.0 Å². The molecule has 3 rings (SSSR count). The van der Waals surface area contributed by atoms with Crippen LogP contribution < -0.4 is 10.1 Å². The highest BCUT2D eigenvalue weighted by atomic mass is 19.1. The zero-order valence-corrected chi connectivity index (χ0v) is 15.8. The molecule has 2 aromatic heterocycles. The van der Waals surface area contributed by atoms with Gasteiger partial charge in [0.25, 0.3) is 5.91 Å². The van der Waals surface area contributed by atoms with Crippen molar-refractivity contribution in [2.45, 2.75) is 19.4 Å². The third kappa shape index (κ3) is 4.90. The van der Waals surface area contributed by atoms with E-state index in [1.807, 2.05) is 0 Å². The molecule has 0 aliphatic carbocycles. The highest BCUT2D eigenvalue weighted by molar-refractivity contribution is 6.03. The number of hydrogen-bond donors (Lipinski definition) is 2. The molecule has 156 valence electrons. The number of anilines is 1. The molecule has 1 atom stereocenters. The average molecular weight is 418 g/mol. The van der Waals surface area contributed by atoms with Crippen molar-refractivity contribution in [1.29, 1.82) is 0 Å². The third-order valence-electron chi connectivity index (χ3n) is 3.98. The van der Waals surface area contributed by atoms with Gasteiger partial charge in [-0.2, -0.15) is 4.98 Å². The van der Waals surface area contributed by atoms with E-state index in [0.717, 1.165) is 30.3 Å². The number of carbonyl (C=O) groups is 1. The van der Waals surface area contributed by atoms with E-state index in [2.05, 4.69) is 20.3 Å². The number of halogens is 3. The van der Waals surface area contributed by atoms with Crippen molar-refractivity contribution in [2.24, 2.45) is 0 Å². The smallest absolute Gasteiger partial charge is 0.274 e. The average Bonchev–Trinajstić information content (AvgIpc) is 2.70. The molecule has 0 bridgehead atoms. The number of carbonyl (C=O) groups excluding carboxylic acids is 1. The molecule has 0 aliphatic heterocycles. The molecule has 1 amide bonds.